The van der Waals surface area contributed by atoms with Gasteiger partial charge in [0.1, 0.15) is 0 Å². The molecule has 2 atom stereocenters. The Morgan fingerprint density at radius 3 is 2.80 bits per heavy atom. The number of amides is 1. The molecule has 1 saturated heterocycles. The van der Waals surface area contributed by atoms with Crippen molar-refractivity contribution in [3.63, 3.8) is 0 Å². The number of piperazine rings is 1. The van der Waals surface area contributed by atoms with E-state index in [0.29, 0.717) is 12.6 Å². The minimum Gasteiger partial charge on any atom is -0.338 e. The standard InChI is InChI=1S/C16H25N3O/c1-13-11-19(10-9-17-13)12-16(20)18(3)14(2)15-7-5-4-6-8-15/h4-8,13-14,17H,9-12H2,1-3H3/t13-,14?/m0/s1. The number of carbonyl (C=O) groups excluding carboxylic acids is 1. The molecule has 0 aromatic heterocycles. The van der Waals surface area contributed by atoms with Crippen LogP contribution >= 0.6 is 0 Å². The van der Waals surface area contributed by atoms with Gasteiger partial charge >= 0.3 is 0 Å². The van der Waals surface area contributed by atoms with Crippen LogP contribution in [0.15, 0.2) is 30.3 Å². The highest BCUT2D eigenvalue weighted by Gasteiger charge is 2.22. The number of hydrogen-bond donors (Lipinski definition) is 1. The van der Waals surface area contributed by atoms with Gasteiger partial charge in [0.2, 0.25) is 5.91 Å². The maximum absolute atomic E-state index is 12.4. The van der Waals surface area contributed by atoms with Gasteiger partial charge in [0.15, 0.2) is 0 Å². The Bertz CT molecular complexity index is 435. The molecule has 0 bridgehead atoms. The molecule has 20 heavy (non-hydrogen) atoms. The predicted octanol–water partition coefficient (Wildman–Crippen LogP) is 1.50. The molecule has 4 heteroatoms. The van der Waals surface area contributed by atoms with Crippen molar-refractivity contribution in [1.82, 2.24) is 15.1 Å². The van der Waals surface area contributed by atoms with E-state index in [1.165, 1.54) is 5.56 Å². The third-order valence-electron chi connectivity index (χ3n) is 4.07. The summed E-state index contributed by atoms with van der Waals surface area (Å²) in [5, 5.41) is 3.40. The lowest BCUT2D eigenvalue weighted by molar-refractivity contribution is -0.133. The normalized spacial score (nSPS) is 21.4. The largest absolute Gasteiger partial charge is 0.338 e. The van der Waals surface area contributed by atoms with Crippen LogP contribution in [0.5, 0.6) is 0 Å². The fourth-order valence-corrected chi connectivity index (χ4v) is 2.63. The van der Waals surface area contributed by atoms with Crippen molar-refractivity contribution < 1.29 is 4.79 Å². The second-order valence-electron chi connectivity index (χ2n) is 5.68. The van der Waals surface area contributed by atoms with Crippen LogP contribution in [0.4, 0.5) is 0 Å². The van der Waals surface area contributed by atoms with Crippen LogP contribution in [0, 0.1) is 0 Å². The molecule has 1 heterocycles. The van der Waals surface area contributed by atoms with E-state index in [1.54, 1.807) is 0 Å². The van der Waals surface area contributed by atoms with E-state index in [2.05, 4.69) is 36.2 Å². The second kappa shape index (κ2) is 6.86. The Balaban J connectivity index is 1.91. The fraction of sp³-hybridized carbons (Fsp3) is 0.562. The van der Waals surface area contributed by atoms with Crippen molar-refractivity contribution in [2.24, 2.45) is 0 Å². The Hall–Kier alpha value is -1.39. The van der Waals surface area contributed by atoms with Gasteiger partial charge in [0.05, 0.1) is 12.6 Å². The van der Waals surface area contributed by atoms with Crippen LogP contribution in [0.3, 0.4) is 0 Å². The highest BCUT2D eigenvalue weighted by atomic mass is 16.2. The summed E-state index contributed by atoms with van der Waals surface area (Å²) in [5.74, 6) is 0.190. The van der Waals surface area contributed by atoms with Crippen LogP contribution in [0.25, 0.3) is 0 Å². The molecule has 1 unspecified atom stereocenters. The molecule has 0 spiro atoms. The number of nitrogens with zero attached hydrogens (tertiary/aromatic N) is 2. The monoisotopic (exact) mass is 275 g/mol. The van der Waals surface area contributed by atoms with Crippen molar-refractivity contribution >= 4 is 5.91 Å². The molecule has 0 aliphatic carbocycles. The zero-order valence-corrected chi connectivity index (χ0v) is 12.7. The number of rotatable bonds is 4. The molecular weight excluding hydrogens is 250 g/mol. The smallest absolute Gasteiger partial charge is 0.236 e. The summed E-state index contributed by atoms with van der Waals surface area (Å²) < 4.78 is 0. The van der Waals surface area contributed by atoms with Crippen molar-refractivity contribution in [2.75, 3.05) is 33.2 Å². The van der Waals surface area contributed by atoms with Crippen molar-refractivity contribution in [2.45, 2.75) is 25.9 Å². The van der Waals surface area contributed by atoms with Crippen molar-refractivity contribution in [3.05, 3.63) is 35.9 Å². The maximum atomic E-state index is 12.4. The summed E-state index contributed by atoms with van der Waals surface area (Å²) in [6.07, 6.45) is 0. The van der Waals surface area contributed by atoms with Gasteiger partial charge in [-0.05, 0) is 19.4 Å². The van der Waals surface area contributed by atoms with Gasteiger partial charge in [-0.3, -0.25) is 9.69 Å². The molecule has 0 radical (unpaired) electrons. The molecule has 1 aromatic carbocycles. The lowest BCUT2D eigenvalue weighted by Gasteiger charge is -2.33. The first-order chi connectivity index (χ1) is 9.58. The number of likely N-dealkylation sites (N-methyl/N-ethyl adjacent to an activating group) is 1. The topological polar surface area (TPSA) is 35.6 Å². The van der Waals surface area contributed by atoms with E-state index in [-0.39, 0.29) is 11.9 Å². The summed E-state index contributed by atoms with van der Waals surface area (Å²) in [6.45, 7) is 7.61. The van der Waals surface area contributed by atoms with Crippen molar-refractivity contribution in [1.29, 1.82) is 0 Å². The summed E-state index contributed by atoms with van der Waals surface area (Å²) in [6, 6.07) is 10.8. The van der Waals surface area contributed by atoms with Crippen LogP contribution in [-0.4, -0.2) is 55.0 Å². The molecule has 1 aliphatic rings. The molecule has 4 nitrogen and oxygen atoms in total. The van der Waals surface area contributed by atoms with Crippen LogP contribution in [0.1, 0.15) is 25.5 Å². The molecule has 1 N–H and O–H groups in total. The van der Waals surface area contributed by atoms with E-state index in [9.17, 15) is 4.79 Å². The second-order valence-corrected chi connectivity index (χ2v) is 5.68. The third-order valence-corrected chi connectivity index (χ3v) is 4.07. The molecule has 1 aliphatic heterocycles. The fourth-order valence-electron chi connectivity index (χ4n) is 2.63. The van der Waals surface area contributed by atoms with Gasteiger partial charge in [-0.15, -0.1) is 0 Å². The number of carbonyl (C=O) groups is 1. The average Bonchev–Trinajstić information content (AvgIpc) is 2.46. The molecule has 0 saturated carbocycles. The first-order valence-electron chi connectivity index (χ1n) is 7.34. The highest BCUT2D eigenvalue weighted by molar-refractivity contribution is 5.78. The van der Waals surface area contributed by atoms with Crippen LogP contribution in [0.2, 0.25) is 0 Å². The van der Waals surface area contributed by atoms with Crippen LogP contribution in [-0.2, 0) is 4.79 Å². The minimum atomic E-state index is 0.115. The lowest BCUT2D eigenvalue weighted by atomic mass is 10.1. The molecule has 1 aromatic rings. The Labute approximate surface area is 121 Å². The zero-order valence-electron chi connectivity index (χ0n) is 12.7. The molecular formula is C16H25N3O. The molecule has 1 fully saturated rings. The number of nitrogens with one attached hydrogen (secondary N) is 1. The molecule has 1 amide bonds. The third kappa shape index (κ3) is 3.81. The molecule has 2 rings (SSSR count). The summed E-state index contributed by atoms with van der Waals surface area (Å²) in [5.41, 5.74) is 1.18. The quantitative estimate of drug-likeness (QED) is 0.904. The van der Waals surface area contributed by atoms with Gasteiger partial charge in [0.25, 0.3) is 0 Å². The Morgan fingerprint density at radius 1 is 1.45 bits per heavy atom. The number of benzene rings is 1. The SMILES string of the molecule is CC(c1ccccc1)N(C)C(=O)CN1CCN[C@@H](C)C1. The van der Waals surface area contributed by atoms with Crippen molar-refractivity contribution in [3.8, 4) is 0 Å². The van der Waals surface area contributed by atoms with E-state index in [1.807, 2.05) is 30.1 Å². The summed E-state index contributed by atoms with van der Waals surface area (Å²) in [4.78, 5) is 16.5. The Kier molecular flexibility index (Phi) is 5.15. The minimum absolute atomic E-state index is 0.115. The first-order valence-corrected chi connectivity index (χ1v) is 7.34. The van der Waals surface area contributed by atoms with Gasteiger partial charge in [-0.1, -0.05) is 30.3 Å². The predicted molar refractivity (Wildman–Crippen MR) is 81.5 cm³/mol. The van der Waals surface area contributed by atoms with E-state index >= 15 is 0 Å². The van der Waals surface area contributed by atoms with Gasteiger partial charge < -0.3 is 10.2 Å². The number of hydrogen-bond acceptors (Lipinski definition) is 3. The maximum Gasteiger partial charge on any atom is 0.236 e. The van der Waals surface area contributed by atoms with Gasteiger partial charge in [-0.2, -0.15) is 0 Å². The van der Waals surface area contributed by atoms with E-state index in [4.69, 9.17) is 0 Å². The first kappa shape index (κ1) is 15.0. The van der Waals surface area contributed by atoms with Gasteiger partial charge in [-0.25, -0.2) is 0 Å². The summed E-state index contributed by atoms with van der Waals surface area (Å²) in [7, 11) is 1.89. The summed E-state index contributed by atoms with van der Waals surface area (Å²) >= 11 is 0. The van der Waals surface area contributed by atoms with Gasteiger partial charge in [0, 0.05) is 32.7 Å². The highest BCUT2D eigenvalue weighted by Crippen LogP contribution is 2.18. The zero-order chi connectivity index (χ0) is 14.5. The van der Waals surface area contributed by atoms with E-state index in [0.717, 1.165) is 19.6 Å². The van der Waals surface area contributed by atoms with E-state index < -0.39 is 0 Å². The Morgan fingerprint density at radius 2 is 2.15 bits per heavy atom. The van der Waals surface area contributed by atoms with Crippen LogP contribution < -0.4 is 5.32 Å². The lowest BCUT2D eigenvalue weighted by Crippen LogP contribution is -2.52. The average molecular weight is 275 g/mol. The molecule has 110 valence electrons.